The van der Waals surface area contributed by atoms with E-state index in [0.29, 0.717) is 17.4 Å². The maximum absolute atomic E-state index is 12.8. The van der Waals surface area contributed by atoms with Crippen molar-refractivity contribution in [3.8, 4) is 0 Å². The fourth-order valence-corrected chi connectivity index (χ4v) is 5.22. The van der Waals surface area contributed by atoms with Gasteiger partial charge in [0.1, 0.15) is 0 Å². The van der Waals surface area contributed by atoms with Crippen LogP contribution in [0.5, 0.6) is 0 Å². The molecule has 2 rings (SSSR count). The third kappa shape index (κ3) is 8.52. The quantitative estimate of drug-likeness (QED) is 0.254. The zero-order valence-corrected chi connectivity index (χ0v) is 22.2. The first-order chi connectivity index (χ1) is 13.6. The van der Waals surface area contributed by atoms with Crippen LogP contribution >= 0.6 is 35.3 Å². The molecule has 30 heavy (non-hydrogen) atoms. The summed E-state index contributed by atoms with van der Waals surface area (Å²) in [6.45, 7) is 11.4. The van der Waals surface area contributed by atoms with Crippen LogP contribution in [0, 0.1) is 0 Å². The Morgan fingerprint density at radius 2 is 1.83 bits per heavy atom. The van der Waals surface area contributed by atoms with Gasteiger partial charge in [0.25, 0.3) is 0 Å². The Hall–Kier alpha value is -1.17. The minimum absolute atomic E-state index is 0. The molecule has 0 aliphatic carbocycles. The molecule has 9 heteroatoms. The molecule has 2 aromatic rings. The normalized spacial score (nSPS) is 13.4. The van der Waals surface area contributed by atoms with E-state index in [-0.39, 0.29) is 35.4 Å². The molecule has 0 saturated heterocycles. The van der Waals surface area contributed by atoms with E-state index in [2.05, 4.69) is 44.8 Å². The van der Waals surface area contributed by atoms with E-state index < -0.39 is 15.6 Å². The first kappa shape index (κ1) is 26.9. The lowest BCUT2D eigenvalue weighted by molar-refractivity contribution is 0.491. The van der Waals surface area contributed by atoms with Crippen molar-refractivity contribution in [1.29, 1.82) is 0 Å². The highest BCUT2D eigenvalue weighted by molar-refractivity contribution is 14.0. The number of rotatable bonds is 8. The molecule has 1 aromatic heterocycles. The lowest BCUT2D eigenvalue weighted by Crippen LogP contribution is -2.41. The highest BCUT2D eigenvalue weighted by Crippen LogP contribution is 2.20. The van der Waals surface area contributed by atoms with E-state index in [1.807, 2.05) is 33.8 Å². The van der Waals surface area contributed by atoms with Crippen molar-refractivity contribution in [3.63, 3.8) is 0 Å². The van der Waals surface area contributed by atoms with Crippen molar-refractivity contribution in [1.82, 2.24) is 15.4 Å². The zero-order valence-electron chi connectivity index (χ0n) is 18.2. The van der Waals surface area contributed by atoms with Crippen LogP contribution in [-0.2, 0) is 16.6 Å². The second-order valence-electron chi connectivity index (χ2n) is 7.96. The molecule has 1 atom stereocenters. The molecule has 168 valence electrons. The fraction of sp³-hybridized carbons (Fsp3) is 0.476. The number of nitrogens with zero attached hydrogens (tertiary/aromatic N) is 1. The van der Waals surface area contributed by atoms with Crippen LogP contribution in [0.1, 0.15) is 51.0 Å². The van der Waals surface area contributed by atoms with E-state index in [9.17, 15) is 8.42 Å². The molecule has 1 unspecified atom stereocenters. The summed E-state index contributed by atoms with van der Waals surface area (Å²) in [6.07, 6.45) is 0. The van der Waals surface area contributed by atoms with Crippen molar-refractivity contribution in [2.24, 2.45) is 4.99 Å². The van der Waals surface area contributed by atoms with Gasteiger partial charge in [-0.2, -0.15) is 0 Å². The second kappa shape index (κ2) is 12.0. The Labute approximate surface area is 202 Å². The van der Waals surface area contributed by atoms with Crippen LogP contribution in [0.25, 0.3) is 0 Å². The minimum Gasteiger partial charge on any atom is -0.357 e. The molecule has 6 nitrogen and oxygen atoms in total. The molecular weight excluding hydrogens is 531 g/mol. The molecule has 3 N–H and O–H groups in total. The largest absolute Gasteiger partial charge is 0.357 e. The lowest BCUT2D eigenvalue weighted by atomic mass is 10.1. The van der Waals surface area contributed by atoms with Gasteiger partial charge in [-0.3, -0.25) is 0 Å². The SMILES string of the molecule is CCNC(=NCc1ccccc1S(=O)(=O)NC(C)(C)C)NCC(C)c1cccs1.I. The number of hydrogen-bond acceptors (Lipinski definition) is 4. The Morgan fingerprint density at radius 1 is 1.13 bits per heavy atom. The molecule has 0 amide bonds. The molecule has 0 aliphatic heterocycles. The molecule has 0 fully saturated rings. The summed E-state index contributed by atoms with van der Waals surface area (Å²) in [6, 6.07) is 11.2. The maximum Gasteiger partial charge on any atom is 0.241 e. The summed E-state index contributed by atoms with van der Waals surface area (Å²) >= 11 is 1.74. The number of hydrogen-bond donors (Lipinski definition) is 3. The summed E-state index contributed by atoms with van der Waals surface area (Å²) in [7, 11) is -3.62. The predicted octanol–water partition coefficient (Wildman–Crippen LogP) is 4.30. The van der Waals surface area contributed by atoms with Crippen LogP contribution in [0.4, 0.5) is 0 Å². The van der Waals surface area contributed by atoms with E-state index in [1.165, 1.54) is 4.88 Å². The monoisotopic (exact) mass is 564 g/mol. The number of aliphatic imine (C=N–C) groups is 1. The van der Waals surface area contributed by atoms with Crippen molar-refractivity contribution in [2.45, 2.75) is 57.5 Å². The average molecular weight is 565 g/mol. The van der Waals surface area contributed by atoms with Gasteiger partial charge in [-0.1, -0.05) is 31.2 Å². The highest BCUT2D eigenvalue weighted by atomic mass is 127. The standard InChI is InChI=1S/C21H32N4O2S2.HI/c1-6-22-20(23-14-16(2)18-11-9-13-28-18)24-15-17-10-7-8-12-19(17)29(26,27)25-21(3,4)5;/h7-13,16,25H,6,14-15H2,1-5H3,(H2,22,23,24);1H. The van der Waals surface area contributed by atoms with Crippen LogP contribution in [0.2, 0.25) is 0 Å². The van der Waals surface area contributed by atoms with Gasteiger partial charge in [-0.15, -0.1) is 35.3 Å². The molecular formula is C21H33IN4O2S2. The van der Waals surface area contributed by atoms with Crippen LogP contribution in [0.3, 0.4) is 0 Å². The summed E-state index contributed by atoms with van der Waals surface area (Å²) in [5, 5.41) is 8.66. The first-order valence-corrected chi connectivity index (χ1v) is 12.2. The van der Waals surface area contributed by atoms with Crippen LogP contribution < -0.4 is 15.4 Å². The third-order valence-electron chi connectivity index (χ3n) is 4.06. The van der Waals surface area contributed by atoms with Gasteiger partial charge in [0.05, 0.1) is 11.4 Å². The number of thiophene rings is 1. The molecule has 1 heterocycles. The van der Waals surface area contributed by atoms with Crippen molar-refractivity contribution in [3.05, 3.63) is 52.2 Å². The van der Waals surface area contributed by atoms with Crippen LogP contribution in [-0.4, -0.2) is 33.0 Å². The summed E-state index contributed by atoms with van der Waals surface area (Å²) < 4.78 is 28.3. The van der Waals surface area contributed by atoms with Gasteiger partial charge in [0.2, 0.25) is 10.0 Å². The Kier molecular flexibility index (Phi) is 10.8. The zero-order chi connectivity index (χ0) is 21.5. The second-order valence-corrected chi connectivity index (χ2v) is 10.6. The Bertz CT molecular complexity index is 907. The van der Waals surface area contributed by atoms with Gasteiger partial charge in [0, 0.05) is 29.4 Å². The van der Waals surface area contributed by atoms with Gasteiger partial charge in [-0.05, 0) is 50.8 Å². The molecule has 0 saturated carbocycles. The number of nitrogens with one attached hydrogen (secondary N) is 3. The number of guanidine groups is 1. The van der Waals surface area contributed by atoms with Crippen molar-refractivity contribution >= 4 is 51.3 Å². The predicted molar refractivity (Wildman–Crippen MR) is 137 cm³/mol. The molecule has 0 radical (unpaired) electrons. The highest BCUT2D eigenvalue weighted by Gasteiger charge is 2.24. The summed E-state index contributed by atoms with van der Waals surface area (Å²) in [5.41, 5.74) is 0.108. The minimum atomic E-state index is -3.62. The average Bonchev–Trinajstić information content (AvgIpc) is 3.17. The Balaban J connectivity index is 0.00000450. The summed E-state index contributed by atoms with van der Waals surface area (Å²) in [4.78, 5) is 6.20. The fourth-order valence-electron chi connectivity index (χ4n) is 2.78. The van der Waals surface area contributed by atoms with Gasteiger partial charge >= 0.3 is 0 Å². The van der Waals surface area contributed by atoms with E-state index in [0.717, 1.165) is 13.1 Å². The third-order valence-corrected chi connectivity index (χ3v) is 7.02. The van der Waals surface area contributed by atoms with Crippen molar-refractivity contribution in [2.75, 3.05) is 13.1 Å². The molecule has 0 aliphatic rings. The van der Waals surface area contributed by atoms with Crippen LogP contribution in [0.15, 0.2) is 51.7 Å². The summed E-state index contributed by atoms with van der Waals surface area (Å²) in [5.74, 6) is 1.04. The number of benzene rings is 1. The topological polar surface area (TPSA) is 82.6 Å². The van der Waals surface area contributed by atoms with Gasteiger partial charge < -0.3 is 10.6 Å². The van der Waals surface area contributed by atoms with Gasteiger partial charge in [-0.25, -0.2) is 18.1 Å². The lowest BCUT2D eigenvalue weighted by Gasteiger charge is -2.21. The smallest absolute Gasteiger partial charge is 0.241 e. The first-order valence-electron chi connectivity index (χ1n) is 9.80. The van der Waals surface area contributed by atoms with E-state index in [4.69, 9.17) is 0 Å². The van der Waals surface area contributed by atoms with E-state index in [1.54, 1.807) is 29.5 Å². The van der Waals surface area contributed by atoms with Crippen molar-refractivity contribution < 1.29 is 8.42 Å². The van der Waals surface area contributed by atoms with E-state index >= 15 is 0 Å². The molecule has 0 bridgehead atoms. The molecule has 1 aromatic carbocycles. The Morgan fingerprint density at radius 3 is 2.43 bits per heavy atom. The van der Waals surface area contributed by atoms with Gasteiger partial charge in [0.15, 0.2) is 5.96 Å². The number of sulfonamides is 1. The maximum atomic E-state index is 12.8. The number of halogens is 1. The molecule has 0 spiro atoms.